The Morgan fingerprint density at radius 3 is 2.47 bits per heavy atom. The van der Waals surface area contributed by atoms with Crippen LogP contribution in [0.3, 0.4) is 0 Å². The largest absolute Gasteiger partial charge is 0.352 e. The fourth-order valence-electron chi connectivity index (χ4n) is 2.60. The fraction of sp³-hybridized carbons (Fsp3) is 0.500. The van der Waals surface area contributed by atoms with E-state index in [1.54, 1.807) is 0 Å². The van der Waals surface area contributed by atoms with Gasteiger partial charge < -0.3 is 5.32 Å². The first-order valence-corrected chi connectivity index (χ1v) is 7.52. The van der Waals surface area contributed by atoms with Crippen molar-refractivity contribution in [1.29, 1.82) is 0 Å². The van der Waals surface area contributed by atoms with Crippen LogP contribution in [0.15, 0.2) is 18.2 Å². The van der Waals surface area contributed by atoms with Crippen LogP contribution in [0.25, 0.3) is 0 Å². The number of carbonyl (C=O) groups excluding carboxylic acids is 1. The van der Waals surface area contributed by atoms with E-state index >= 15 is 0 Å². The van der Waals surface area contributed by atoms with Gasteiger partial charge in [0.2, 0.25) is 0 Å². The van der Waals surface area contributed by atoms with Crippen molar-refractivity contribution in [3.8, 4) is 0 Å². The van der Waals surface area contributed by atoms with Gasteiger partial charge in [-0.05, 0) is 36.8 Å². The van der Waals surface area contributed by atoms with Gasteiger partial charge >= 0.3 is 0 Å². The predicted octanol–water partition coefficient (Wildman–Crippen LogP) is 3.51. The van der Waals surface area contributed by atoms with E-state index in [0.717, 1.165) is 30.0 Å². The summed E-state index contributed by atoms with van der Waals surface area (Å²) in [7, 11) is 0. The molecule has 5 heteroatoms. The summed E-state index contributed by atoms with van der Waals surface area (Å²) >= 11 is 3.48. The zero-order valence-corrected chi connectivity index (χ0v) is 12.1. The minimum Gasteiger partial charge on any atom is -0.352 e. The lowest BCUT2D eigenvalue weighted by molar-refractivity contribution is 0.0944. The van der Waals surface area contributed by atoms with E-state index in [4.69, 9.17) is 0 Å². The molecule has 1 N–H and O–H groups in total. The first-order valence-electron chi connectivity index (χ1n) is 6.40. The Morgan fingerprint density at radius 1 is 1.21 bits per heavy atom. The van der Waals surface area contributed by atoms with Crippen molar-refractivity contribution >= 4 is 21.8 Å². The number of hydrogen-bond acceptors (Lipinski definition) is 1. The topological polar surface area (TPSA) is 29.1 Å². The van der Waals surface area contributed by atoms with Gasteiger partial charge in [-0.15, -0.1) is 0 Å². The van der Waals surface area contributed by atoms with Crippen molar-refractivity contribution in [3.05, 3.63) is 35.4 Å². The second kappa shape index (κ2) is 6.46. The van der Waals surface area contributed by atoms with E-state index in [1.165, 1.54) is 12.8 Å². The number of hydrogen-bond donors (Lipinski definition) is 1. The first kappa shape index (κ1) is 14.4. The summed E-state index contributed by atoms with van der Waals surface area (Å²) < 4.78 is 26.0. The van der Waals surface area contributed by atoms with Crippen LogP contribution in [0.5, 0.6) is 0 Å². The van der Waals surface area contributed by atoms with Crippen LogP contribution in [-0.4, -0.2) is 17.8 Å². The van der Waals surface area contributed by atoms with Crippen LogP contribution in [-0.2, 0) is 0 Å². The predicted molar refractivity (Wildman–Crippen MR) is 73.3 cm³/mol. The summed E-state index contributed by atoms with van der Waals surface area (Å²) in [6.45, 7) is 0.563. The van der Waals surface area contributed by atoms with Gasteiger partial charge in [0.15, 0.2) is 0 Å². The summed E-state index contributed by atoms with van der Waals surface area (Å²) in [6, 6.07) is 2.86. The zero-order chi connectivity index (χ0) is 13.8. The van der Waals surface area contributed by atoms with Crippen LogP contribution in [0.2, 0.25) is 0 Å². The molecule has 0 heterocycles. The third-order valence-corrected chi connectivity index (χ3v) is 4.50. The zero-order valence-electron chi connectivity index (χ0n) is 10.5. The van der Waals surface area contributed by atoms with Gasteiger partial charge in [-0.3, -0.25) is 4.79 Å². The van der Waals surface area contributed by atoms with Crippen LogP contribution in [0, 0.1) is 23.5 Å². The average molecular weight is 332 g/mol. The number of benzene rings is 1. The lowest BCUT2D eigenvalue weighted by atomic mass is 9.98. The Labute approximate surface area is 119 Å². The van der Waals surface area contributed by atoms with Gasteiger partial charge in [-0.25, -0.2) is 8.78 Å². The summed E-state index contributed by atoms with van der Waals surface area (Å²) in [5.74, 6) is -0.862. The quantitative estimate of drug-likeness (QED) is 0.840. The molecular formula is C14H16BrF2NO. The highest BCUT2D eigenvalue weighted by atomic mass is 79.9. The molecule has 2 atom stereocenters. The molecule has 104 valence electrons. The summed E-state index contributed by atoms with van der Waals surface area (Å²) in [5, 5.41) is 3.70. The van der Waals surface area contributed by atoms with Gasteiger partial charge in [0, 0.05) is 23.5 Å². The maximum atomic E-state index is 13.0. The minimum atomic E-state index is -0.732. The van der Waals surface area contributed by atoms with Gasteiger partial charge in [0.1, 0.15) is 11.6 Å². The Kier molecular flexibility index (Phi) is 4.91. The molecule has 1 aliphatic rings. The number of rotatable bonds is 4. The molecule has 1 aliphatic carbocycles. The maximum Gasteiger partial charge on any atom is 0.251 e. The van der Waals surface area contributed by atoms with Gasteiger partial charge in [-0.2, -0.15) is 0 Å². The normalized spacial score (nSPS) is 22.5. The smallest absolute Gasteiger partial charge is 0.251 e. The Hall–Kier alpha value is -0.970. The Balaban J connectivity index is 1.94. The minimum absolute atomic E-state index is 0.0332. The SMILES string of the molecule is O=C(NCC1CCCC1CBr)c1cc(F)cc(F)c1. The Morgan fingerprint density at radius 2 is 1.84 bits per heavy atom. The molecule has 2 unspecified atom stereocenters. The monoisotopic (exact) mass is 331 g/mol. The van der Waals surface area contributed by atoms with Crippen LogP contribution in [0.4, 0.5) is 8.78 Å². The molecule has 2 rings (SSSR count). The van der Waals surface area contributed by atoms with E-state index in [9.17, 15) is 13.6 Å². The molecule has 1 amide bonds. The van der Waals surface area contributed by atoms with E-state index in [1.807, 2.05) is 0 Å². The number of halogens is 3. The molecular weight excluding hydrogens is 316 g/mol. The lowest BCUT2D eigenvalue weighted by Crippen LogP contribution is -2.31. The molecule has 0 bridgehead atoms. The number of carbonyl (C=O) groups is 1. The van der Waals surface area contributed by atoms with Gasteiger partial charge in [0.05, 0.1) is 0 Å². The highest BCUT2D eigenvalue weighted by Crippen LogP contribution is 2.32. The van der Waals surface area contributed by atoms with Gasteiger partial charge in [0.25, 0.3) is 5.91 Å². The molecule has 0 radical (unpaired) electrons. The molecule has 0 aromatic heterocycles. The highest BCUT2D eigenvalue weighted by Gasteiger charge is 2.26. The standard InChI is InChI=1S/C14H16BrF2NO/c15-7-9-2-1-3-10(9)8-18-14(19)11-4-12(16)6-13(17)5-11/h4-6,9-10H,1-3,7-8H2,(H,18,19). The van der Waals surface area contributed by atoms with Gasteiger partial charge in [-0.1, -0.05) is 22.4 Å². The molecule has 1 saturated carbocycles. The molecule has 1 aromatic carbocycles. The number of nitrogens with one attached hydrogen (secondary N) is 1. The van der Waals surface area contributed by atoms with Crippen molar-refractivity contribution in [2.45, 2.75) is 19.3 Å². The third-order valence-electron chi connectivity index (χ3n) is 3.66. The molecule has 19 heavy (non-hydrogen) atoms. The molecule has 2 nitrogen and oxygen atoms in total. The van der Waals surface area contributed by atoms with Crippen molar-refractivity contribution in [1.82, 2.24) is 5.32 Å². The highest BCUT2D eigenvalue weighted by molar-refractivity contribution is 9.09. The summed E-state index contributed by atoms with van der Waals surface area (Å²) in [4.78, 5) is 11.8. The Bertz CT molecular complexity index is 447. The maximum absolute atomic E-state index is 13.0. The van der Waals surface area contributed by atoms with Crippen molar-refractivity contribution in [2.75, 3.05) is 11.9 Å². The van der Waals surface area contributed by atoms with Crippen LogP contribution >= 0.6 is 15.9 Å². The number of alkyl halides is 1. The summed E-state index contributed by atoms with van der Waals surface area (Å²) in [5.41, 5.74) is 0.0332. The molecule has 1 aromatic rings. The molecule has 0 saturated heterocycles. The average Bonchev–Trinajstić information content (AvgIpc) is 2.82. The first-order chi connectivity index (χ1) is 9.10. The third kappa shape index (κ3) is 3.75. The van der Waals surface area contributed by atoms with E-state index < -0.39 is 17.5 Å². The second-order valence-electron chi connectivity index (χ2n) is 4.97. The summed E-state index contributed by atoms with van der Waals surface area (Å²) in [6.07, 6.45) is 3.43. The van der Waals surface area contributed by atoms with Crippen molar-refractivity contribution in [3.63, 3.8) is 0 Å². The van der Waals surface area contributed by atoms with Crippen molar-refractivity contribution < 1.29 is 13.6 Å². The van der Waals surface area contributed by atoms with Crippen LogP contribution < -0.4 is 5.32 Å². The van der Waals surface area contributed by atoms with E-state index in [-0.39, 0.29) is 5.56 Å². The van der Waals surface area contributed by atoms with Crippen LogP contribution in [0.1, 0.15) is 29.6 Å². The molecule has 0 aliphatic heterocycles. The van der Waals surface area contributed by atoms with E-state index in [0.29, 0.717) is 18.4 Å². The fourth-order valence-corrected chi connectivity index (χ4v) is 3.45. The molecule has 1 fully saturated rings. The van der Waals surface area contributed by atoms with E-state index in [2.05, 4.69) is 21.2 Å². The lowest BCUT2D eigenvalue weighted by Gasteiger charge is -2.17. The second-order valence-corrected chi connectivity index (χ2v) is 5.62. The molecule has 0 spiro atoms. The number of amides is 1. The van der Waals surface area contributed by atoms with Crippen molar-refractivity contribution in [2.24, 2.45) is 11.8 Å².